The number of hydrogen-bond donors (Lipinski definition) is 0. The van der Waals surface area contributed by atoms with Gasteiger partial charge in [0, 0.05) is 16.7 Å². The molecule has 1 aromatic carbocycles. The molecule has 0 N–H and O–H groups in total. The second-order valence-corrected chi connectivity index (χ2v) is 6.74. The van der Waals surface area contributed by atoms with Crippen LogP contribution in [0.3, 0.4) is 0 Å². The van der Waals surface area contributed by atoms with E-state index in [9.17, 15) is 24.0 Å². The van der Waals surface area contributed by atoms with Crippen LogP contribution in [-0.2, 0) is 14.4 Å². The third kappa shape index (κ3) is 3.67. The first kappa shape index (κ1) is 20.5. The predicted molar refractivity (Wildman–Crippen MR) is 96.7 cm³/mol. The van der Waals surface area contributed by atoms with E-state index in [-0.39, 0.29) is 16.7 Å². The zero-order valence-electron chi connectivity index (χ0n) is 12.7. The van der Waals surface area contributed by atoms with Crippen LogP contribution in [0.15, 0.2) is 48.1 Å². The summed E-state index contributed by atoms with van der Waals surface area (Å²) in [6.45, 7) is 0. The van der Waals surface area contributed by atoms with E-state index in [1.807, 2.05) is 0 Å². The van der Waals surface area contributed by atoms with Crippen molar-refractivity contribution in [2.24, 2.45) is 11.3 Å². The maximum absolute atomic E-state index is 12.6. The molecule has 1 unspecified atom stereocenters. The van der Waals surface area contributed by atoms with E-state index in [4.69, 9.17) is 46.4 Å². The van der Waals surface area contributed by atoms with Gasteiger partial charge in [0.25, 0.3) is 5.24 Å². The average molecular weight is 434 g/mol. The zero-order chi connectivity index (χ0) is 19.6. The van der Waals surface area contributed by atoms with Gasteiger partial charge in [0.15, 0.2) is 11.2 Å². The van der Waals surface area contributed by atoms with Crippen molar-refractivity contribution in [3.05, 3.63) is 59.2 Å². The first-order valence-corrected chi connectivity index (χ1v) is 8.47. The summed E-state index contributed by atoms with van der Waals surface area (Å²) in [5, 5.41) is -4.20. The van der Waals surface area contributed by atoms with E-state index in [2.05, 4.69) is 0 Å². The highest BCUT2D eigenvalue weighted by molar-refractivity contribution is 6.76. The quantitative estimate of drug-likeness (QED) is 0.388. The van der Waals surface area contributed by atoms with Crippen LogP contribution in [0.5, 0.6) is 0 Å². The molecule has 0 aliphatic heterocycles. The van der Waals surface area contributed by atoms with E-state index in [0.717, 1.165) is 12.2 Å². The third-order valence-corrected chi connectivity index (χ3v) is 4.95. The van der Waals surface area contributed by atoms with Gasteiger partial charge in [0.1, 0.15) is 0 Å². The van der Waals surface area contributed by atoms with E-state index in [1.54, 1.807) is 0 Å². The normalized spacial score (nSPS) is 18.0. The molecular weight excluding hydrogens is 426 g/mol. The Labute approximate surface area is 167 Å². The molecule has 2 rings (SSSR count). The fraction of sp³-hybridized carbons (Fsp3) is 0.118. The van der Waals surface area contributed by atoms with E-state index in [0.29, 0.717) is 0 Å². The highest BCUT2D eigenvalue weighted by Crippen LogP contribution is 2.42. The lowest BCUT2D eigenvalue weighted by Crippen LogP contribution is -2.43. The summed E-state index contributed by atoms with van der Waals surface area (Å²) in [6, 6.07) is 5.37. The number of carbonyl (C=O) groups is 5. The summed E-state index contributed by atoms with van der Waals surface area (Å²) in [5.74, 6) is -2.03. The Morgan fingerprint density at radius 2 is 1.31 bits per heavy atom. The van der Waals surface area contributed by atoms with Crippen LogP contribution in [-0.4, -0.2) is 26.8 Å². The molecule has 1 aromatic rings. The number of rotatable bonds is 6. The van der Waals surface area contributed by atoms with Crippen molar-refractivity contribution in [2.45, 2.75) is 0 Å². The van der Waals surface area contributed by atoms with Gasteiger partial charge in [-0.15, -0.1) is 0 Å². The molecule has 0 radical (unpaired) electrons. The number of benzene rings is 1. The van der Waals surface area contributed by atoms with Gasteiger partial charge in [0.05, 0.1) is 5.92 Å². The maximum atomic E-state index is 12.6. The highest BCUT2D eigenvalue weighted by Gasteiger charge is 2.52. The second kappa shape index (κ2) is 7.84. The van der Waals surface area contributed by atoms with E-state index >= 15 is 0 Å². The van der Waals surface area contributed by atoms with Gasteiger partial charge in [-0.3, -0.25) is 24.0 Å². The average Bonchev–Trinajstić information content (AvgIpc) is 2.59. The monoisotopic (exact) mass is 432 g/mol. The lowest BCUT2D eigenvalue weighted by molar-refractivity contribution is -0.134. The van der Waals surface area contributed by atoms with Crippen LogP contribution in [0.1, 0.15) is 20.7 Å². The molecule has 0 aromatic heterocycles. The molecule has 1 atom stereocenters. The van der Waals surface area contributed by atoms with Gasteiger partial charge in [-0.05, 0) is 64.6 Å². The van der Waals surface area contributed by atoms with Gasteiger partial charge in [-0.25, -0.2) is 0 Å². The summed E-state index contributed by atoms with van der Waals surface area (Å²) in [6.07, 6.45) is 3.30. The molecule has 0 bridgehead atoms. The van der Waals surface area contributed by atoms with Crippen LogP contribution in [0.25, 0.3) is 0 Å². The van der Waals surface area contributed by atoms with Crippen molar-refractivity contribution in [1.29, 1.82) is 0 Å². The Morgan fingerprint density at radius 3 is 1.73 bits per heavy atom. The largest absolute Gasteiger partial charge is 0.289 e. The lowest BCUT2D eigenvalue weighted by atomic mass is 9.72. The molecule has 5 nitrogen and oxygen atoms in total. The summed E-state index contributed by atoms with van der Waals surface area (Å²) in [5.41, 5.74) is -2.04. The molecule has 0 fully saturated rings. The molecular formula is C17H8Cl4O5. The molecule has 9 heteroatoms. The molecule has 0 spiro atoms. The molecule has 134 valence electrons. The third-order valence-electron chi connectivity index (χ3n) is 3.87. The van der Waals surface area contributed by atoms with Crippen LogP contribution < -0.4 is 0 Å². The lowest BCUT2D eigenvalue weighted by Gasteiger charge is -2.30. The minimum atomic E-state index is -2.28. The Hall–Kier alpha value is -1.79. The van der Waals surface area contributed by atoms with E-state index in [1.165, 1.54) is 30.3 Å². The highest BCUT2D eigenvalue weighted by atomic mass is 35.5. The standard InChI is InChI=1S/C17H8Cl4O5/c18-13(23)9-3-1-8(2-4-9)12(22)10-5-6-11(14(19)24)17(7-10,15(20)25)16(21)26/h1-7,11H. The van der Waals surface area contributed by atoms with Crippen molar-refractivity contribution in [3.63, 3.8) is 0 Å². The second-order valence-electron chi connectivity index (χ2n) is 5.34. The number of carbonyl (C=O) groups excluding carboxylic acids is 5. The van der Waals surface area contributed by atoms with Crippen LogP contribution in [0, 0.1) is 11.3 Å². The SMILES string of the molecule is O=C(Cl)c1ccc(C(=O)C2=CC(C(=O)Cl)(C(=O)Cl)C(C(=O)Cl)C=C2)cc1. The van der Waals surface area contributed by atoms with Crippen LogP contribution >= 0.6 is 46.4 Å². The Bertz CT molecular complexity index is 869. The number of allylic oxidation sites excluding steroid dienone is 4. The van der Waals surface area contributed by atoms with Crippen molar-refractivity contribution in [3.8, 4) is 0 Å². The van der Waals surface area contributed by atoms with E-state index < -0.39 is 38.1 Å². The number of halogens is 4. The number of Topliss-reactive ketones (excluding diaryl/α,β-unsaturated/α-hetero) is 1. The Kier molecular flexibility index (Phi) is 6.19. The smallest absolute Gasteiger partial charge is 0.252 e. The molecule has 0 saturated carbocycles. The minimum absolute atomic E-state index is 0.0906. The zero-order valence-corrected chi connectivity index (χ0v) is 15.7. The van der Waals surface area contributed by atoms with Gasteiger partial charge < -0.3 is 0 Å². The van der Waals surface area contributed by atoms with Gasteiger partial charge >= 0.3 is 0 Å². The topological polar surface area (TPSA) is 85.3 Å². The van der Waals surface area contributed by atoms with Gasteiger partial charge in [-0.1, -0.05) is 24.3 Å². The summed E-state index contributed by atoms with van der Waals surface area (Å²) in [4.78, 5) is 59.1. The van der Waals surface area contributed by atoms with Crippen molar-refractivity contribution >= 4 is 73.2 Å². The number of ketones is 1. The molecule has 0 amide bonds. The molecule has 0 heterocycles. The first-order chi connectivity index (χ1) is 12.1. The predicted octanol–water partition coefficient (Wildman–Crippen LogP) is 3.64. The Morgan fingerprint density at radius 1 is 0.808 bits per heavy atom. The summed E-state index contributed by atoms with van der Waals surface area (Å²) < 4.78 is 0. The summed E-state index contributed by atoms with van der Waals surface area (Å²) >= 11 is 21.8. The molecule has 0 saturated heterocycles. The number of hydrogen-bond acceptors (Lipinski definition) is 5. The fourth-order valence-corrected chi connectivity index (χ4v) is 3.42. The van der Waals surface area contributed by atoms with Crippen LogP contribution in [0.2, 0.25) is 0 Å². The first-order valence-electron chi connectivity index (χ1n) is 6.96. The van der Waals surface area contributed by atoms with Gasteiger partial charge in [0.2, 0.25) is 15.7 Å². The van der Waals surface area contributed by atoms with Gasteiger partial charge in [-0.2, -0.15) is 0 Å². The summed E-state index contributed by atoms with van der Waals surface area (Å²) in [7, 11) is 0. The van der Waals surface area contributed by atoms with Crippen molar-refractivity contribution in [2.75, 3.05) is 0 Å². The Balaban J connectivity index is 2.52. The molecule has 1 aliphatic rings. The fourth-order valence-electron chi connectivity index (χ4n) is 2.49. The van der Waals surface area contributed by atoms with Crippen molar-refractivity contribution < 1.29 is 24.0 Å². The maximum Gasteiger partial charge on any atom is 0.252 e. The van der Waals surface area contributed by atoms with Crippen molar-refractivity contribution in [1.82, 2.24) is 0 Å². The van der Waals surface area contributed by atoms with Crippen LogP contribution in [0.4, 0.5) is 0 Å². The minimum Gasteiger partial charge on any atom is -0.289 e. The molecule has 26 heavy (non-hydrogen) atoms. The molecule has 1 aliphatic carbocycles.